The Balaban J connectivity index is 1.67. The largest absolute Gasteiger partial charge is 0.313 e. The molecule has 0 bridgehead atoms. The molecule has 3 rings (SSSR count). The normalized spacial score (nSPS) is 21.7. The van der Waals surface area contributed by atoms with Gasteiger partial charge in [0.15, 0.2) is 0 Å². The molecule has 0 radical (unpaired) electrons. The van der Waals surface area contributed by atoms with Crippen molar-refractivity contribution in [1.82, 2.24) is 5.32 Å². The third kappa shape index (κ3) is 2.77. The Morgan fingerprint density at radius 3 is 2.28 bits per heavy atom. The number of rotatable bonds is 5. The zero-order valence-corrected chi connectivity index (χ0v) is 11.8. The van der Waals surface area contributed by atoms with Crippen molar-refractivity contribution in [2.75, 3.05) is 6.54 Å². The highest BCUT2D eigenvalue weighted by atomic mass is 15.0. The van der Waals surface area contributed by atoms with Gasteiger partial charge >= 0.3 is 0 Å². The summed E-state index contributed by atoms with van der Waals surface area (Å²) in [6.07, 6.45) is 8.34. The predicted octanol–water partition coefficient (Wildman–Crippen LogP) is 3.77. The summed E-state index contributed by atoms with van der Waals surface area (Å²) in [6, 6.07) is 7.88. The van der Waals surface area contributed by atoms with Gasteiger partial charge < -0.3 is 5.32 Å². The first-order valence-electron chi connectivity index (χ1n) is 7.46. The molecule has 2 aliphatic carbocycles. The molecule has 2 aliphatic rings. The van der Waals surface area contributed by atoms with E-state index < -0.39 is 0 Å². The second-order valence-electron chi connectivity index (χ2n) is 6.68. The molecule has 18 heavy (non-hydrogen) atoms. The SMILES string of the molecule is Cc1cc(C)cc(CC2(CNC3CC3)CCC2)c1. The quantitative estimate of drug-likeness (QED) is 0.830. The van der Waals surface area contributed by atoms with Crippen molar-refractivity contribution in [2.24, 2.45) is 5.41 Å². The van der Waals surface area contributed by atoms with Crippen LogP contribution >= 0.6 is 0 Å². The van der Waals surface area contributed by atoms with E-state index in [0.717, 1.165) is 6.04 Å². The molecule has 1 nitrogen and oxygen atoms in total. The van der Waals surface area contributed by atoms with Crippen LogP contribution in [0.1, 0.15) is 48.8 Å². The molecule has 1 N–H and O–H groups in total. The van der Waals surface area contributed by atoms with Gasteiger partial charge in [0.2, 0.25) is 0 Å². The molecule has 0 aliphatic heterocycles. The Morgan fingerprint density at radius 2 is 1.78 bits per heavy atom. The standard InChI is InChI=1S/C17H25N/c1-13-8-14(2)10-15(9-13)11-17(6-3-7-17)12-18-16-4-5-16/h8-10,16,18H,3-7,11-12H2,1-2H3. The second-order valence-corrected chi connectivity index (χ2v) is 6.68. The molecule has 0 aromatic heterocycles. The molecule has 0 amide bonds. The van der Waals surface area contributed by atoms with Gasteiger partial charge in [-0.25, -0.2) is 0 Å². The van der Waals surface area contributed by atoms with Gasteiger partial charge in [-0.1, -0.05) is 35.7 Å². The smallest absolute Gasteiger partial charge is 0.00684 e. The van der Waals surface area contributed by atoms with E-state index in [4.69, 9.17) is 0 Å². The monoisotopic (exact) mass is 243 g/mol. The minimum atomic E-state index is 0.572. The summed E-state index contributed by atoms with van der Waals surface area (Å²) >= 11 is 0. The summed E-state index contributed by atoms with van der Waals surface area (Å²) in [5.41, 5.74) is 4.94. The molecule has 1 aromatic carbocycles. The van der Waals surface area contributed by atoms with Gasteiger partial charge in [0.25, 0.3) is 0 Å². The summed E-state index contributed by atoms with van der Waals surface area (Å²) in [6.45, 7) is 5.67. The highest BCUT2D eigenvalue weighted by Gasteiger charge is 2.38. The fourth-order valence-electron chi connectivity index (χ4n) is 3.35. The van der Waals surface area contributed by atoms with Crippen LogP contribution in [-0.2, 0) is 6.42 Å². The summed E-state index contributed by atoms with van der Waals surface area (Å²) in [5.74, 6) is 0. The maximum atomic E-state index is 3.75. The number of hydrogen-bond acceptors (Lipinski definition) is 1. The van der Waals surface area contributed by atoms with E-state index in [1.165, 1.54) is 56.2 Å². The highest BCUT2D eigenvalue weighted by Crippen LogP contribution is 2.43. The molecular weight excluding hydrogens is 218 g/mol. The van der Waals surface area contributed by atoms with E-state index in [1.54, 1.807) is 5.56 Å². The topological polar surface area (TPSA) is 12.0 Å². The van der Waals surface area contributed by atoms with Crippen LogP contribution < -0.4 is 5.32 Å². The summed E-state index contributed by atoms with van der Waals surface area (Å²) in [7, 11) is 0. The lowest BCUT2D eigenvalue weighted by molar-refractivity contribution is 0.129. The molecule has 1 aromatic rings. The molecule has 0 unspecified atom stereocenters. The molecule has 98 valence electrons. The van der Waals surface area contributed by atoms with E-state index in [0.29, 0.717) is 5.41 Å². The number of nitrogens with one attached hydrogen (secondary N) is 1. The van der Waals surface area contributed by atoms with Crippen molar-refractivity contribution in [3.63, 3.8) is 0 Å². The van der Waals surface area contributed by atoms with Gasteiger partial charge in [-0.3, -0.25) is 0 Å². The zero-order chi connectivity index (χ0) is 12.6. The first-order valence-corrected chi connectivity index (χ1v) is 7.46. The minimum absolute atomic E-state index is 0.572. The third-order valence-corrected chi connectivity index (χ3v) is 4.62. The van der Waals surface area contributed by atoms with Gasteiger partial charge in [-0.05, 0) is 56.9 Å². The molecule has 0 spiro atoms. The van der Waals surface area contributed by atoms with Crippen molar-refractivity contribution in [3.8, 4) is 0 Å². The molecule has 2 saturated carbocycles. The third-order valence-electron chi connectivity index (χ3n) is 4.62. The Hall–Kier alpha value is -0.820. The first kappa shape index (κ1) is 12.2. The molecular formula is C17H25N. The van der Waals surface area contributed by atoms with Gasteiger partial charge in [0, 0.05) is 12.6 Å². The lowest BCUT2D eigenvalue weighted by atomic mass is 9.65. The van der Waals surface area contributed by atoms with Crippen molar-refractivity contribution in [2.45, 2.75) is 58.4 Å². The molecule has 0 atom stereocenters. The van der Waals surface area contributed by atoms with E-state index in [1.807, 2.05) is 0 Å². The minimum Gasteiger partial charge on any atom is -0.313 e. The lowest BCUT2D eigenvalue weighted by Gasteiger charge is -2.42. The number of hydrogen-bond donors (Lipinski definition) is 1. The fourth-order valence-corrected chi connectivity index (χ4v) is 3.35. The van der Waals surface area contributed by atoms with Gasteiger partial charge in [-0.15, -0.1) is 0 Å². The van der Waals surface area contributed by atoms with Gasteiger partial charge in [-0.2, -0.15) is 0 Å². The Bertz CT molecular complexity index is 407. The van der Waals surface area contributed by atoms with Gasteiger partial charge in [0.1, 0.15) is 0 Å². The van der Waals surface area contributed by atoms with E-state index in [9.17, 15) is 0 Å². The zero-order valence-electron chi connectivity index (χ0n) is 11.8. The van der Waals surface area contributed by atoms with E-state index >= 15 is 0 Å². The molecule has 0 saturated heterocycles. The van der Waals surface area contributed by atoms with Crippen LogP contribution in [0.4, 0.5) is 0 Å². The van der Waals surface area contributed by atoms with E-state index in [2.05, 4.69) is 37.4 Å². The molecule has 0 heterocycles. The average Bonchev–Trinajstić information content (AvgIpc) is 3.04. The summed E-state index contributed by atoms with van der Waals surface area (Å²) in [5, 5.41) is 3.75. The Labute approximate surface area is 111 Å². The van der Waals surface area contributed by atoms with Crippen molar-refractivity contribution in [3.05, 3.63) is 34.9 Å². The predicted molar refractivity (Wildman–Crippen MR) is 76.9 cm³/mol. The van der Waals surface area contributed by atoms with Crippen molar-refractivity contribution in [1.29, 1.82) is 0 Å². The van der Waals surface area contributed by atoms with Crippen LogP contribution in [0.3, 0.4) is 0 Å². The van der Waals surface area contributed by atoms with Gasteiger partial charge in [0.05, 0.1) is 0 Å². The van der Waals surface area contributed by atoms with Crippen LogP contribution in [-0.4, -0.2) is 12.6 Å². The fraction of sp³-hybridized carbons (Fsp3) is 0.647. The van der Waals surface area contributed by atoms with Crippen molar-refractivity contribution >= 4 is 0 Å². The number of benzene rings is 1. The highest BCUT2D eigenvalue weighted by molar-refractivity contribution is 5.29. The van der Waals surface area contributed by atoms with Crippen LogP contribution in [0.5, 0.6) is 0 Å². The van der Waals surface area contributed by atoms with Crippen LogP contribution in [0.15, 0.2) is 18.2 Å². The van der Waals surface area contributed by atoms with Crippen LogP contribution in [0, 0.1) is 19.3 Å². The maximum absolute atomic E-state index is 3.75. The first-order chi connectivity index (χ1) is 8.65. The number of aryl methyl sites for hydroxylation is 2. The van der Waals surface area contributed by atoms with Crippen molar-refractivity contribution < 1.29 is 0 Å². The lowest BCUT2D eigenvalue weighted by Crippen LogP contribution is -2.42. The Kier molecular flexibility index (Phi) is 3.19. The molecule has 2 fully saturated rings. The molecule has 1 heteroatoms. The van der Waals surface area contributed by atoms with E-state index in [-0.39, 0.29) is 0 Å². The van der Waals surface area contributed by atoms with Crippen LogP contribution in [0.2, 0.25) is 0 Å². The summed E-state index contributed by atoms with van der Waals surface area (Å²) in [4.78, 5) is 0. The summed E-state index contributed by atoms with van der Waals surface area (Å²) < 4.78 is 0. The maximum Gasteiger partial charge on any atom is 0.00684 e. The average molecular weight is 243 g/mol. The van der Waals surface area contributed by atoms with Crippen LogP contribution in [0.25, 0.3) is 0 Å². The second kappa shape index (κ2) is 4.70. The Morgan fingerprint density at radius 1 is 1.11 bits per heavy atom.